The number of benzene rings is 1. The van der Waals surface area contributed by atoms with Crippen LogP contribution < -0.4 is 10.1 Å². The number of amides is 3. The van der Waals surface area contributed by atoms with Crippen LogP contribution in [0.3, 0.4) is 0 Å². The summed E-state index contributed by atoms with van der Waals surface area (Å²) in [4.78, 5) is 26.7. The van der Waals surface area contributed by atoms with E-state index in [0.29, 0.717) is 26.2 Å². The molecule has 1 aromatic rings. The number of cyclic esters (lactones) is 1. The van der Waals surface area contributed by atoms with E-state index in [-0.39, 0.29) is 36.0 Å². The smallest absolute Gasteiger partial charge is 0.447 e. The summed E-state index contributed by atoms with van der Waals surface area (Å²) < 4.78 is 72.6. The molecule has 174 valence electrons. The quantitative estimate of drug-likeness (QED) is 0.692. The van der Waals surface area contributed by atoms with Crippen molar-refractivity contribution < 1.29 is 40.7 Å². The molecule has 1 N–H and O–H groups in total. The predicted octanol–water partition coefficient (Wildman–Crippen LogP) is 0.806. The van der Waals surface area contributed by atoms with Crippen molar-refractivity contribution in [2.24, 2.45) is 5.41 Å². The monoisotopic (exact) mass is 476 g/mol. The van der Waals surface area contributed by atoms with Crippen LogP contribution in [0.2, 0.25) is 0 Å². The number of ether oxygens (including phenoxy) is 2. The lowest BCUT2D eigenvalue weighted by Crippen LogP contribution is -2.77. The Morgan fingerprint density at radius 2 is 1.75 bits per heavy atom. The van der Waals surface area contributed by atoms with Crippen LogP contribution in [0.5, 0.6) is 5.75 Å². The number of hydrogen-bond acceptors (Lipinski definition) is 6. The number of alkyl halides is 3. The number of alkyl carbamates (subject to hydrolysis) is 1. The number of urea groups is 1. The first-order chi connectivity index (χ1) is 14.9. The number of halogens is 3. The molecule has 4 saturated heterocycles. The normalized spacial score (nSPS) is 23.8. The fourth-order valence-corrected chi connectivity index (χ4v) is 6.34. The van der Waals surface area contributed by atoms with Crippen LogP contribution >= 0.6 is 0 Å². The van der Waals surface area contributed by atoms with Gasteiger partial charge in [0.05, 0.1) is 18.0 Å². The van der Waals surface area contributed by atoms with E-state index in [1.807, 2.05) is 0 Å². The van der Waals surface area contributed by atoms with E-state index < -0.39 is 33.8 Å². The molecule has 0 aromatic heterocycles. The van der Waals surface area contributed by atoms with Crippen LogP contribution in [0.15, 0.2) is 29.2 Å². The molecule has 0 atom stereocenters. The minimum absolute atomic E-state index is 0.178. The van der Waals surface area contributed by atoms with E-state index in [4.69, 9.17) is 4.74 Å². The molecule has 4 aliphatic rings. The number of carbonyl (C=O) groups excluding carboxylic acids is 2. The number of sulfonamides is 1. The van der Waals surface area contributed by atoms with Crippen LogP contribution in [0.25, 0.3) is 0 Å². The molecule has 10 nitrogen and oxygen atoms in total. The molecule has 0 saturated carbocycles. The Morgan fingerprint density at radius 1 is 1.09 bits per heavy atom. The standard InChI is InChI=1S/C18H19F3N4O6S/c19-18(20,21)31-12-2-1-3-13(4-12)32(28,29)25-7-16(8-25)5-23(6-16)15(27)24-9-17(10-24)11-30-14(26)22-17/h1-4H,5-11H2,(H,22,26). The van der Waals surface area contributed by atoms with Gasteiger partial charge >= 0.3 is 18.5 Å². The van der Waals surface area contributed by atoms with Crippen LogP contribution in [-0.4, -0.2) is 92.4 Å². The zero-order valence-corrected chi connectivity index (χ0v) is 17.4. The largest absolute Gasteiger partial charge is 0.573 e. The van der Waals surface area contributed by atoms with Gasteiger partial charge < -0.3 is 24.6 Å². The Kier molecular flexibility index (Phi) is 4.38. The Labute approximate surface area is 180 Å². The number of rotatable bonds is 3. The molecular weight excluding hydrogens is 457 g/mol. The second-order valence-electron chi connectivity index (χ2n) is 8.77. The molecule has 0 radical (unpaired) electrons. The first-order valence-corrected chi connectivity index (χ1v) is 11.2. The lowest BCUT2D eigenvalue weighted by molar-refractivity contribution is -0.274. The summed E-state index contributed by atoms with van der Waals surface area (Å²) in [5.41, 5.74) is -0.864. The highest BCUT2D eigenvalue weighted by atomic mass is 32.2. The fourth-order valence-electron chi connectivity index (χ4n) is 4.63. The van der Waals surface area contributed by atoms with Gasteiger partial charge in [-0.15, -0.1) is 13.2 Å². The predicted molar refractivity (Wildman–Crippen MR) is 100 cm³/mol. The lowest BCUT2D eigenvalue weighted by atomic mass is 9.74. The van der Waals surface area contributed by atoms with Gasteiger partial charge in [0.15, 0.2) is 0 Å². The summed E-state index contributed by atoms with van der Waals surface area (Å²) in [6.45, 7) is 2.08. The SMILES string of the molecule is O=C1NC2(CO1)CN(C(=O)N1CC3(C1)CN(S(=O)(=O)c1cccc(OC(F)(F)F)c1)C3)C2. The van der Waals surface area contributed by atoms with Gasteiger partial charge in [0.2, 0.25) is 10.0 Å². The van der Waals surface area contributed by atoms with Crippen molar-refractivity contribution in [3.05, 3.63) is 24.3 Å². The molecule has 4 fully saturated rings. The molecule has 0 aliphatic carbocycles. The summed E-state index contributed by atoms with van der Waals surface area (Å²) in [6.07, 6.45) is -5.41. The first-order valence-electron chi connectivity index (χ1n) is 9.74. The van der Waals surface area contributed by atoms with Crippen LogP contribution in [0.4, 0.5) is 22.8 Å². The summed E-state index contributed by atoms with van der Waals surface area (Å²) in [6, 6.07) is 4.09. The summed E-state index contributed by atoms with van der Waals surface area (Å²) >= 11 is 0. The Morgan fingerprint density at radius 3 is 2.34 bits per heavy atom. The van der Waals surface area contributed by atoms with Gasteiger partial charge in [-0.3, -0.25) is 0 Å². The van der Waals surface area contributed by atoms with Gasteiger partial charge in [-0.25, -0.2) is 18.0 Å². The Bertz CT molecular complexity index is 1070. The average molecular weight is 476 g/mol. The van der Waals surface area contributed by atoms with Gasteiger partial charge in [0.25, 0.3) is 0 Å². The van der Waals surface area contributed by atoms with E-state index in [1.54, 1.807) is 9.80 Å². The zero-order chi connectivity index (χ0) is 22.9. The third-order valence-electron chi connectivity index (χ3n) is 6.13. The number of nitrogens with one attached hydrogen (secondary N) is 1. The van der Waals surface area contributed by atoms with E-state index in [1.165, 1.54) is 16.4 Å². The molecule has 1 aromatic carbocycles. The second-order valence-corrected chi connectivity index (χ2v) is 10.7. The van der Waals surface area contributed by atoms with Gasteiger partial charge in [0.1, 0.15) is 17.9 Å². The first kappa shape index (κ1) is 21.1. The molecule has 14 heteroatoms. The number of carbonyl (C=O) groups is 2. The van der Waals surface area contributed by atoms with Crippen LogP contribution in [0.1, 0.15) is 0 Å². The maximum atomic E-state index is 12.8. The summed E-state index contributed by atoms with van der Waals surface area (Å²) in [7, 11) is -3.98. The van der Waals surface area contributed by atoms with Crippen molar-refractivity contribution in [3.8, 4) is 5.75 Å². The van der Waals surface area contributed by atoms with Crippen molar-refractivity contribution in [2.45, 2.75) is 16.8 Å². The number of hydrogen-bond donors (Lipinski definition) is 1. The van der Waals surface area contributed by atoms with Crippen LogP contribution in [-0.2, 0) is 14.8 Å². The third kappa shape index (κ3) is 3.50. The van der Waals surface area contributed by atoms with Gasteiger partial charge in [-0.1, -0.05) is 6.07 Å². The lowest BCUT2D eigenvalue weighted by Gasteiger charge is -2.60. The van der Waals surface area contributed by atoms with Crippen LogP contribution in [0, 0.1) is 5.41 Å². The van der Waals surface area contributed by atoms with E-state index in [9.17, 15) is 31.2 Å². The van der Waals surface area contributed by atoms with Crippen molar-refractivity contribution >= 4 is 22.1 Å². The van der Waals surface area contributed by atoms with Gasteiger partial charge in [0, 0.05) is 37.7 Å². The minimum Gasteiger partial charge on any atom is -0.447 e. The van der Waals surface area contributed by atoms with Gasteiger partial charge in [-0.2, -0.15) is 4.31 Å². The third-order valence-corrected chi connectivity index (χ3v) is 7.92. The topological polar surface area (TPSA) is 108 Å². The molecular formula is C18H19F3N4O6S. The molecule has 0 bridgehead atoms. The molecule has 2 spiro atoms. The van der Waals surface area contributed by atoms with Gasteiger partial charge in [-0.05, 0) is 12.1 Å². The maximum Gasteiger partial charge on any atom is 0.573 e. The summed E-state index contributed by atoms with van der Waals surface area (Å²) in [5.74, 6) is -0.606. The highest BCUT2D eigenvalue weighted by Gasteiger charge is 2.59. The number of likely N-dealkylation sites (tertiary alicyclic amines) is 2. The summed E-state index contributed by atoms with van der Waals surface area (Å²) in [5, 5.41) is 2.70. The Balaban J connectivity index is 1.15. The molecule has 4 aliphatic heterocycles. The molecule has 5 rings (SSSR count). The highest BCUT2D eigenvalue weighted by molar-refractivity contribution is 7.89. The second kappa shape index (κ2) is 6.63. The maximum absolute atomic E-state index is 12.8. The van der Waals surface area contributed by atoms with Crippen molar-refractivity contribution in [3.63, 3.8) is 0 Å². The molecule has 32 heavy (non-hydrogen) atoms. The average Bonchev–Trinajstić information content (AvgIpc) is 2.98. The van der Waals surface area contributed by atoms with Crippen molar-refractivity contribution in [1.29, 1.82) is 0 Å². The van der Waals surface area contributed by atoms with E-state index >= 15 is 0 Å². The number of nitrogens with zero attached hydrogens (tertiary/aromatic N) is 3. The molecule has 4 heterocycles. The highest BCUT2D eigenvalue weighted by Crippen LogP contribution is 2.43. The Hall–Kier alpha value is -2.74. The minimum atomic E-state index is -4.92. The van der Waals surface area contributed by atoms with E-state index in [2.05, 4.69) is 10.1 Å². The van der Waals surface area contributed by atoms with Crippen molar-refractivity contribution in [1.82, 2.24) is 19.4 Å². The fraction of sp³-hybridized carbons (Fsp3) is 0.556. The zero-order valence-electron chi connectivity index (χ0n) is 16.6. The van der Waals surface area contributed by atoms with Crippen molar-refractivity contribution in [2.75, 3.05) is 45.9 Å². The molecule has 0 unspecified atom stereocenters. The van der Waals surface area contributed by atoms with E-state index in [0.717, 1.165) is 12.1 Å². The molecule has 3 amide bonds.